The fourth-order valence-electron chi connectivity index (χ4n) is 3.11. The van der Waals surface area contributed by atoms with E-state index in [2.05, 4.69) is 4.90 Å². The van der Waals surface area contributed by atoms with E-state index >= 15 is 0 Å². The van der Waals surface area contributed by atoms with E-state index in [1.54, 1.807) is 18.2 Å². The molecule has 0 radical (unpaired) electrons. The van der Waals surface area contributed by atoms with Crippen LogP contribution in [0.1, 0.15) is 27.2 Å². The van der Waals surface area contributed by atoms with Gasteiger partial charge in [-0.05, 0) is 43.2 Å². The number of nitrogens with zero attached hydrogens (tertiary/aromatic N) is 2. The van der Waals surface area contributed by atoms with Crippen LogP contribution in [-0.4, -0.2) is 56.9 Å². The van der Waals surface area contributed by atoms with Gasteiger partial charge in [0.25, 0.3) is 0 Å². The number of ether oxygens (including phenoxy) is 1. The molecule has 146 valence electrons. The summed E-state index contributed by atoms with van der Waals surface area (Å²) in [6.07, 6.45) is 1.46. The minimum atomic E-state index is -3.50. The lowest BCUT2D eigenvalue weighted by Gasteiger charge is -2.33. The molecule has 0 N–H and O–H groups in total. The third-order valence-corrected chi connectivity index (χ3v) is 6.86. The van der Waals surface area contributed by atoms with Crippen molar-refractivity contribution in [1.29, 1.82) is 0 Å². The van der Waals surface area contributed by atoms with Gasteiger partial charge in [0.15, 0.2) is 0 Å². The van der Waals surface area contributed by atoms with Gasteiger partial charge in [0, 0.05) is 26.2 Å². The Morgan fingerprint density at radius 1 is 1.11 bits per heavy atom. The largest absolute Gasteiger partial charge is 0.467 e. The Bertz CT molecular complexity index is 927. The number of carbonyl (C=O) groups excluding carboxylic acids is 1. The highest BCUT2D eigenvalue weighted by atomic mass is 32.2. The van der Waals surface area contributed by atoms with Crippen LogP contribution < -0.4 is 0 Å². The van der Waals surface area contributed by atoms with Crippen LogP contribution >= 0.6 is 0 Å². The molecule has 0 atom stereocenters. The number of aryl methyl sites for hydroxylation is 2. The van der Waals surface area contributed by atoms with E-state index in [4.69, 9.17) is 9.15 Å². The smallest absolute Gasteiger partial charge is 0.341 e. The number of sulfonamides is 1. The maximum absolute atomic E-state index is 12.9. The van der Waals surface area contributed by atoms with E-state index in [1.165, 1.54) is 17.7 Å². The number of methoxy groups -OCH3 is 1. The molecular formula is C19H24N2O5S. The van der Waals surface area contributed by atoms with Crippen molar-refractivity contribution in [2.75, 3.05) is 33.3 Å². The number of rotatable bonds is 5. The van der Waals surface area contributed by atoms with Crippen molar-refractivity contribution in [3.63, 3.8) is 0 Å². The third kappa shape index (κ3) is 4.07. The Morgan fingerprint density at radius 3 is 2.44 bits per heavy atom. The molecule has 3 rings (SSSR count). The molecule has 1 fully saturated rings. The van der Waals surface area contributed by atoms with Gasteiger partial charge in [0.05, 0.1) is 24.8 Å². The number of esters is 1. The first-order valence-corrected chi connectivity index (χ1v) is 10.2. The highest BCUT2D eigenvalue weighted by Gasteiger charge is 2.29. The molecule has 1 aliphatic rings. The first-order valence-electron chi connectivity index (χ1n) is 8.77. The van der Waals surface area contributed by atoms with Crippen molar-refractivity contribution < 1.29 is 22.4 Å². The predicted molar refractivity (Wildman–Crippen MR) is 100.0 cm³/mol. The van der Waals surface area contributed by atoms with Gasteiger partial charge in [0.1, 0.15) is 11.3 Å². The Hall–Kier alpha value is -2.16. The Morgan fingerprint density at radius 2 is 1.81 bits per heavy atom. The fourth-order valence-corrected chi connectivity index (χ4v) is 4.62. The monoisotopic (exact) mass is 392 g/mol. The van der Waals surface area contributed by atoms with Gasteiger partial charge < -0.3 is 9.15 Å². The molecule has 2 heterocycles. The molecule has 1 saturated heterocycles. The number of furan rings is 1. The molecule has 0 bridgehead atoms. The lowest BCUT2D eigenvalue weighted by atomic mass is 10.1. The maximum atomic E-state index is 12.9. The lowest BCUT2D eigenvalue weighted by Crippen LogP contribution is -2.48. The number of carbonyl (C=O) groups is 1. The molecule has 1 aromatic heterocycles. The number of benzene rings is 1. The van der Waals surface area contributed by atoms with Crippen LogP contribution in [0.5, 0.6) is 0 Å². The van der Waals surface area contributed by atoms with Gasteiger partial charge in [0.2, 0.25) is 10.0 Å². The highest BCUT2D eigenvalue weighted by Crippen LogP contribution is 2.22. The average Bonchev–Trinajstić information content (AvgIpc) is 3.11. The van der Waals surface area contributed by atoms with Gasteiger partial charge in [-0.1, -0.05) is 6.07 Å². The molecule has 27 heavy (non-hydrogen) atoms. The van der Waals surface area contributed by atoms with Crippen LogP contribution in [-0.2, 0) is 21.3 Å². The molecule has 0 amide bonds. The average molecular weight is 392 g/mol. The first kappa shape index (κ1) is 19.6. The van der Waals surface area contributed by atoms with E-state index in [9.17, 15) is 13.2 Å². The third-order valence-electron chi connectivity index (χ3n) is 4.97. The van der Waals surface area contributed by atoms with Crippen molar-refractivity contribution in [1.82, 2.24) is 9.21 Å². The Kier molecular flexibility index (Phi) is 5.69. The van der Waals surface area contributed by atoms with Crippen LogP contribution in [0.4, 0.5) is 0 Å². The van der Waals surface area contributed by atoms with Crippen LogP contribution in [0.3, 0.4) is 0 Å². The molecule has 8 heteroatoms. The van der Waals surface area contributed by atoms with Gasteiger partial charge in [-0.2, -0.15) is 4.31 Å². The fraction of sp³-hybridized carbons (Fsp3) is 0.421. The minimum absolute atomic E-state index is 0.332. The van der Waals surface area contributed by atoms with E-state index in [-0.39, 0.29) is 0 Å². The van der Waals surface area contributed by atoms with Crippen LogP contribution in [0.2, 0.25) is 0 Å². The quantitative estimate of drug-likeness (QED) is 0.726. The summed E-state index contributed by atoms with van der Waals surface area (Å²) in [4.78, 5) is 14.1. The van der Waals surface area contributed by atoms with Crippen molar-refractivity contribution in [3.8, 4) is 0 Å². The summed E-state index contributed by atoms with van der Waals surface area (Å²) in [6, 6.07) is 6.81. The molecule has 0 saturated carbocycles. The molecule has 2 aromatic rings. The molecular weight excluding hydrogens is 368 g/mol. The van der Waals surface area contributed by atoms with E-state index in [0.717, 1.165) is 11.1 Å². The lowest BCUT2D eigenvalue weighted by molar-refractivity contribution is 0.0595. The Balaban J connectivity index is 1.66. The normalized spacial score (nSPS) is 16.4. The Labute approximate surface area is 159 Å². The van der Waals surface area contributed by atoms with Crippen LogP contribution in [0.15, 0.2) is 39.8 Å². The number of hydrogen-bond acceptors (Lipinski definition) is 6. The van der Waals surface area contributed by atoms with Crippen LogP contribution in [0.25, 0.3) is 0 Å². The minimum Gasteiger partial charge on any atom is -0.467 e. The second kappa shape index (κ2) is 7.84. The first-order chi connectivity index (χ1) is 12.8. The summed E-state index contributed by atoms with van der Waals surface area (Å²) in [7, 11) is -2.17. The van der Waals surface area contributed by atoms with Gasteiger partial charge in [-0.15, -0.1) is 0 Å². The van der Waals surface area contributed by atoms with Crippen molar-refractivity contribution in [3.05, 3.63) is 53.0 Å². The SMILES string of the molecule is COC(=O)c1ccoc1CN1CCN(S(=O)(=O)c2ccc(C)c(C)c2)CC1. The molecule has 7 nitrogen and oxygen atoms in total. The van der Waals surface area contributed by atoms with Crippen molar-refractivity contribution >= 4 is 16.0 Å². The summed E-state index contributed by atoms with van der Waals surface area (Å²) < 4.78 is 37.4. The molecule has 0 spiro atoms. The van der Waals surface area contributed by atoms with Crippen molar-refractivity contribution in [2.24, 2.45) is 0 Å². The van der Waals surface area contributed by atoms with E-state index in [0.29, 0.717) is 48.9 Å². The zero-order chi connectivity index (χ0) is 19.6. The summed E-state index contributed by atoms with van der Waals surface area (Å²) >= 11 is 0. The molecule has 0 unspecified atom stereocenters. The van der Waals surface area contributed by atoms with Crippen molar-refractivity contribution in [2.45, 2.75) is 25.3 Å². The zero-order valence-corrected chi connectivity index (χ0v) is 16.6. The predicted octanol–water partition coefficient (Wildman–Crippen LogP) is 2.19. The summed E-state index contributed by atoms with van der Waals surface area (Å²) in [5.41, 5.74) is 2.43. The number of piperazine rings is 1. The summed E-state index contributed by atoms with van der Waals surface area (Å²) in [5, 5.41) is 0. The number of hydrogen-bond donors (Lipinski definition) is 0. The standard InChI is InChI=1S/C19H24N2O5S/c1-14-4-5-16(12-15(14)2)27(23,24)21-9-7-20(8-10-21)13-18-17(6-11-26-18)19(22)25-3/h4-6,11-12H,7-10,13H2,1-3H3. The molecule has 0 aliphatic carbocycles. The maximum Gasteiger partial charge on any atom is 0.341 e. The van der Waals surface area contributed by atoms with Crippen LogP contribution in [0, 0.1) is 13.8 Å². The second-order valence-electron chi connectivity index (χ2n) is 6.68. The molecule has 1 aliphatic heterocycles. The van der Waals surface area contributed by atoms with E-state index in [1.807, 2.05) is 19.9 Å². The summed E-state index contributed by atoms with van der Waals surface area (Å²) in [5.74, 6) is 0.0991. The highest BCUT2D eigenvalue weighted by molar-refractivity contribution is 7.89. The zero-order valence-electron chi connectivity index (χ0n) is 15.8. The topological polar surface area (TPSA) is 80.1 Å². The second-order valence-corrected chi connectivity index (χ2v) is 8.61. The van der Waals surface area contributed by atoms with E-state index < -0.39 is 16.0 Å². The molecule has 1 aromatic carbocycles. The summed E-state index contributed by atoms with van der Waals surface area (Å²) in [6.45, 7) is 6.22. The van der Waals surface area contributed by atoms with Gasteiger partial charge >= 0.3 is 5.97 Å². The van der Waals surface area contributed by atoms with Gasteiger partial charge in [-0.3, -0.25) is 4.90 Å². The van der Waals surface area contributed by atoms with Gasteiger partial charge in [-0.25, -0.2) is 13.2 Å².